The third kappa shape index (κ3) is 5.03. The Morgan fingerprint density at radius 1 is 1.25 bits per heavy atom. The van der Waals surface area contributed by atoms with E-state index in [0.29, 0.717) is 42.1 Å². The molecule has 0 bridgehead atoms. The standard InChI is InChI=1S/C20H31N3O3S2/c1-3-16(2)17-6-8-19(9-7-17)28(24,25)23-12-10-22(11-13-23)20(27)21-15-18-5-4-14-26-18/h6-9,16,18H,3-5,10-15H2,1-2H3,(H,21,27)/t16-,18+/m0/s1. The Bertz CT molecular complexity index is 753. The van der Waals surface area contributed by atoms with Crippen LogP contribution in [0.5, 0.6) is 0 Å². The number of ether oxygens (including phenoxy) is 1. The molecule has 6 nitrogen and oxygen atoms in total. The van der Waals surface area contributed by atoms with Gasteiger partial charge in [-0.1, -0.05) is 26.0 Å². The second-order valence-electron chi connectivity index (χ2n) is 7.59. The van der Waals surface area contributed by atoms with Gasteiger partial charge in [-0.3, -0.25) is 0 Å². The highest BCUT2D eigenvalue weighted by Gasteiger charge is 2.29. The lowest BCUT2D eigenvalue weighted by Gasteiger charge is -2.35. The van der Waals surface area contributed by atoms with Crippen LogP contribution < -0.4 is 5.32 Å². The maximum atomic E-state index is 13.0. The molecule has 2 atom stereocenters. The maximum Gasteiger partial charge on any atom is 0.243 e. The summed E-state index contributed by atoms with van der Waals surface area (Å²) in [6, 6.07) is 7.33. The summed E-state index contributed by atoms with van der Waals surface area (Å²) in [5.74, 6) is 0.434. The highest BCUT2D eigenvalue weighted by atomic mass is 32.2. The molecule has 2 saturated heterocycles. The molecule has 1 N–H and O–H groups in total. The van der Waals surface area contributed by atoms with E-state index in [1.807, 2.05) is 17.0 Å². The van der Waals surface area contributed by atoms with Gasteiger partial charge in [0.1, 0.15) is 0 Å². The fourth-order valence-electron chi connectivity index (χ4n) is 3.60. The lowest BCUT2D eigenvalue weighted by atomic mass is 9.99. The van der Waals surface area contributed by atoms with Gasteiger partial charge < -0.3 is 15.0 Å². The van der Waals surface area contributed by atoms with Gasteiger partial charge in [-0.15, -0.1) is 0 Å². The first kappa shape index (κ1) is 21.5. The summed E-state index contributed by atoms with van der Waals surface area (Å²) < 4.78 is 33.1. The molecule has 0 saturated carbocycles. The number of nitrogens with one attached hydrogen (secondary N) is 1. The zero-order valence-corrected chi connectivity index (χ0v) is 18.4. The van der Waals surface area contributed by atoms with Gasteiger partial charge in [-0.25, -0.2) is 8.42 Å². The van der Waals surface area contributed by atoms with Crippen molar-refractivity contribution in [2.24, 2.45) is 0 Å². The second kappa shape index (κ2) is 9.52. The molecule has 3 rings (SSSR count). The molecule has 8 heteroatoms. The zero-order chi connectivity index (χ0) is 20.1. The summed E-state index contributed by atoms with van der Waals surface area (Å²) in [7, 11) is -3.46. The van der Waals surface area contributed by atoms with Crippen molar-refractivity contribution in [3.8, 4) is 0 Å². The number of hydrogen-bond acceptors (Lipinski definition) is 4. The van der Waals surface area contributed by atoms with Crippen LogP contribution in [0.25, 0.3) is 0 Å². The molecule has 156 valence electrons. The topological polar surface area (TPSA) is 61.9 Å². The number of sulfonamides is 1. The van der Waals surface area contributed by atoms with Crippen LogP contribution in [-0.4, -0.2) is 68.2 Å². The van der Waals surface area contributed by atoms with Crippen molar-refractivity contribution in [2.75, 3.05) is 39.3 Å². The van der Waals surface area contributed by atoms with Gasteiger partial charge >= 0.3 is 0 Å². The van der Waals surface area contributed by atoms with Crippen LogP contribution in [-0.2, 0) is 14.8 Å². The molecular formula is C20H31N3O3S2. The van der Waals surface area contributed by atoms with E-state index in [4.69, 9.17) is 17.0 Å². The molecule has 2 aliphatic rings. The van der Waals surface area contributed by atoms with Gasteiger partial charge in [0.15, 0.2) is 5.11 Å². The summed E-state index contributed by atoms with van der Waals surface area (Å²) in [5, 5.41) is 3.95. The summed E-state index contributed by atoms with van der Waals surface area (Å²) in [6.45, 7) is 7.92. The van der Waals surface area contributed by atoms with Crippen molar-refractivity contribution in [3.63, 3.8) is 0 Å². The van der Waals surface area contributed by atoms with Gasteiger partial charge in [0.05, 0.1) is 11.0 Å². The number of benzene rings is 1. The number of hydrogen-bond donors (Lipinski definition) is 1. The lowest BCUT2D eigenvalue weighted by Crippen LogP contribution is -2.53. The van der Waals surface area contributed by atoms with Crippen molar-refractivity contribution in [2.45, 2.75) is 50.0 Å². The number of thiocarbonyl (C=S) groups is 1. The lowest BCUT2D eigenvalue weighted by molar-refractivity contribution is 0.113. The molecule has 28 heavy (non-hydrogen) atoms. The Morgan fingerprint density at radius 2 is 1.93 bits per heavy atom. The van der Waals surface area contributed by atoms with Gasteiger partial charge in [0, 0.05) is 39.3 Å². The highest BCUT2D eigenvalue weighted by Crippen LogP contribution is 2.23. The molecule has 1 aromatic rings. The number of piperazine rings is 1. The van der Waals surface area contributed by atoms with Crippen LogP contribution in [0.2, 0.25) is 0 Å². The fraction of sp³-hybridized carbons (Fsp3) is 0.650. The van der Waals surface area contributed by atoms with Crippen molar-refractivity contribution < 1.29 is 13.2 Å². The quantitative estimate of drug-likeness (QED) is 0.707. The van der Waals surface area contributed by atoms with E-state index in [-0.39, 0.29) is 6.10 Å². The average Bonchev–Trinajstić information content (AvgIpc) is 3.25. The van der Waals surface area contributed by atoms with Crippen molar-refractivity contribution >= 4 is 27.4 Å². The first-order chi connectivity index (χ1) is 13.4. The van der Waals surface area contributed by atoms with Crippen LogP contribution >= 0.6 is 12.2 Å². The van der Waals surface area contributed by atoms with Crippen LogP contribution in [0.3, 0.4) is 0 Å². The molecule has 0 radical (unpaired) electrons. The van der Waals surface area contributed by atoms with Gasteiger partial charge in [0.25, 0.3) is 0 Å². The Kier molecular flexibility index (Phi) is 7.31. The minimum atomic E-state index is -3.46. The van der Waals surface area contributed by atoms with Crippen LogP contribution in [0.1, 0.15) is 44.6 Å². The van der Waals surface area contributed by atoms with Crippen molar-refractivity contribution in [3.05, 3.63) is 29.8 Å². The highest BCUT2D eigenvalue weighted by molar-refractivity contribution is 7.89. The van der Waals surface area contributed by atoms with Crippen molar-refractivity contribution in [1.82, 2.24) is 14.5 Å². The Balaban J connectivity index is 1.53. The molecule has 2 heterocycles. The molecule has 2 aliphatic heterocycles. The normalized spacial score (nSPS) is 22.2. The molecule has 1 aromatic carbocycles. The van der Waals surface area contributed by atoms with Gasteiger partial charge in [-0.05, 0) is 55.1 Å². The van der Waals surface area contributed by atoms with Crippen LogP contribution in [0.15, 0.2) is 29.2 Å². The van der Waals surface area contributed by atoms with Crippen LogP contribution in [0.4, 0.5) is 0 Å². The smallest absolute Gasteiger partial charge is 0.243 e. The predicted molar refractivity (Wildman–Crippen MR) is 115 cm³/mol. The van der Waals surface area contributed by atoms with E-state index in [1.165, 1.54) is 5.56 Å². The molecular weight excluding hydrogens is 394 g/mol. The van der Waals surface area contributed by atoms with E-state index >= 15 is 0 Å². The Labute approximate surface area is 174 Å². The average molecular weight is 426 g/mol. The van der Waals surface area contributed by atoms with E-state index in [0.717, 1.165) is 32.4 Å². The third-order valence-electron chi connectivity index (χ3n) is 5.73. The molecule has 0 aromatic heterocycles. The Morgan fingerprint density at radius 3 is 2.50 bits per heavy atom. The molecule has 0 spiro atoms. The van der Waals surface area contributed by atoms with Crippen molar-refractivity contribution in [1.29, 1.82) is 0 Å². The molecule has 0 amide bonds. The second-order valence-corrected chi connectivity index (χ2v) is 9.92. The van der Waals surface area contributed by atoms with E-state index < -0.39 is 10.0 Å². The largest absolute Gasteiger partial charge is 0.376 e. The predicted octanol–water partition coefficient (Wildman–Crippen LogP) is 2.56. The first-order valence-electron chi connectivity index (χ1n) is 10.2. The Hall–Kier alpha value is -1.22. The third-order valence-corrected chi connectivity index (χ3v) is 8.05. The van der Waals surface area contributed by atoms with Crippen LogP contribution in [0, 0.1) is 0 Å². The summed E-state index contributed by atoms with van der Waals surface area (Å²) in [5.41, 5.74) is 1.17. The van der Waals surface area contributed by atoms with E-state index in [9.17, 15) is 8.42 Å². The zero-order valence-electron chi connectivity index (χ0n) is 16.8. The first-order valence-corrected chi connectivity index (χ1v) is 12.0. The number of nitrogens with zero attached hydrogens (tertiary/aromatic N) is 2. The molecule has 0 unspecified atom stereocenters. The maximum absolute atomic E-state index is 13.0. The minimum absolute atomic E-state index is 0.234. The van der Waals surface area contributed by atoms with Gasteiger partial charge in [-0.2, -0.15) is 4.31 Å². The van der Waals surface area contributed by atoms with E-state index in [2.05, 4.69) is 19.2 Å². The summed E-state index contributed by atoms with van der Waals surface area (Å²) in [6.07, 6.45) is 3.44. The summed E-state index contributed by atoms with van der Waals surface area (Å²) in [4.78, 5) is 2.41. The molecule has 0 aliphatic carbocycles. The van der Waals surface area contributed by atoms with E-state index in [1.54, 1.807) is 16.4 Å². The SMILES string of the molecule is CC[C@H](C)c1ccc(S(=O)(=O)N2CCN(C(=S)NC[C@H]3CCCO3)CC2)cc1. The summed E-state index contributed by atoms with van der Waals surface area (Å²) >= 11 is 5.48. The number of rotatable bonds is 6. The fourth-order valence-corrected chi connectivity index (χ4v) is 5.29. The minimum Gasteiger partial charge on any atom is -0.376 e. The monoisotopic (exact) mass is 425 g/mol. The van der Waals surface area contributed by atoms with Gasteiger partial charge in [0.2, 0.25) is 10.0 Å². The molecule has 2 fully saturated rings.